The molecule has 3 N–H and O–H groups in total. The van der Waals surface area contributed by atoms with E-state index in [1.165, 1.54) is 0 Å². The van der Waals surface area contributed by atoms with Gasteiger partial charge in [0.2, 0.25) is 11.9 Å². The predicted octanol–water partition coefficient (Wildman–Crippen LogP) is -0.394. The fourth-order valence-electron chi connectivity index (χ4n) is 2.38. The Balaban J connectivity index is 1.59. The van der Waals surface area contributed by atoms with E-state index in [9.17, 15) is 4.79 Å². The molecule has 1 saturated heterocycles. The van der Waals surface area contributed by atoms with Crippen molar-refractivity contribution in [1.82, 2.24) is 24.6 Å². The van der Waals surface area contributed by atoms with Crippen LogP contribution in [-0.2, 0) is 16.6 Å². The zero-order valence-electron chi connectivity index (χ0n) is 12.4. The van der Waals surface area contributed by atoms with E-state index in [0.29, 0.717) is 56.7 Å². The molecule has 0 aromatic carbocycles. The number of ether oxygens (including phenoxy) is 1. The van der Waals surface area contributed by atoms with E-state index in [1.807, 2.05) is 4.90 Å². The van der Waals surface area contributed by atoms with Crippen molar-refractivity contribution >= 4 is 28.7 Å². The first-order valence-electron chi connectivity index (χ1n) is 7.20. The molecule has 1 aliphatic heterocycles. The number of hydrogen-bond donors (Lipinski definition) is 2. The number of rotatable bonds is 4. The number of aryl methyl sites for hydroxylation is 1. The van der Waals surface area contributed by atoms with Crippen molar-refractivity contribution in [2.45, 2.75) is 6.42 Å². The van der Waals surface area contributed by atoms with Crippen LogP contribution in [0.15, 0.2) is 6.20 Å². The van der Waals surface area contributed by atoms with Crippen molar-refractivity contribution in [1.29, 1.82) is 0 Å². The fourth-order valence-corrected chi connectivity index (χ4v) is 2.38. The second-order valence-electron chi connectivity index (χ2n) is 5.11. The number of fused-ring (bicyclic) bond motifs is 1. The highest BCUT2D eigenvalue weighted by Gasteiger charge is 2.16. The highest BCUT2D eigenvalue weighted by Crippen LogP contribution is 2.18. The number of anilines is 2. The number of nitrogens with one attached hydrogen (secondary N) is 1. The summed E-state index contributed by atoms with van der Waals surface area (Å²) in [5, 5.41) is 7.86. The molecule has 2 aromatic rings. The number of morpholine rings is 1. The van der Waals surface area contributed by atoms with Gasteiger partial charge in [0.1, 0.15) is 5.82 Å². The molecule has 1 aliphatic rings. The molecule has 9 heteroatoms. The third-order valence-corrected chi connectivity index (χ3v) is 3.61. The average molecular weight is 305 g/mol. The summed E-state index contributed by atoms with van der Waals surface area (Å²) in [6.07, 6.45) is 2.02. The number of carbonyl (C=O) groups is 1. The van der Waals surface area contributed by atoms with E-state index in [0.717, 1.165) is 5.39 Å². The fraction of sp³-hybridized carbons (Fsp3) is 0.538. The lowest BCUT2D eigenvalue weighted by molar-refractivity contribution is -0.134. The summed E-state index contributed by atoms with van der Waals surface area (Å²) in [5.41, 5.74) is 6.55. The summed E-state index contributed by atoms with van der Waals surface area (Å²) in [4.78, 5) is 22.4. The molecule has 22 heavy (non-hydrogen) atoms. The van der Waals surface area contributed by atoms with Gasteiger partial charge < -0.3 is 20.7 Å². The minimum atomic E-state index is 0.102. The van der Waals surface area contributed by atoms with Crippen molar-refractivity contribution in [2.24, 2.45) is 7.05 Å². The van der Waals surface area contributed by atoms with Gasteiger partial charge in [0.15, 0.2) is 5.65 Å². The van der Waals surface area contributed by atoms with Gasteiger partial charge in [-0.05, 0) is 0 Å². The molecule has 3 rings (SSSR count). The SMILES string of the molecule is Cn1ncc2c(N)nc(NCCC(=O)N3CCOCC3)nc21. The number of nitrogens with zero attached hydrogens (tertiary/aromatic N) is 5. The van der Waals surface area contributed by atoms with Crippen molar-refractivity contribution in [3.8, 4) is 0 Å². The van der Waals surface area contributed by atoms with Crippen LogP contribution < -0.4 is 11.1 Å². The van der Waals surface area contributed by atoms with Crippen molar-refractivity contribution in [3.05, 3.63) is 6.20 Å². The second kappa shape index (κ2) is 6.14. The van der Waals surface area contributed by atoms with E-state index in [4.69, 9.17) is 10.5 Å². The molecule has 3 heterocycles. The lowest BCUT2D eigenvalue weighted by Gasteiger charge is -2.26. The van der Waals surface area contributed by atoms with Crippen molar-refractivity contribution < 1.29 is 9.53 Å². The molecule has 1 fully saturated rings. The standard InChI is InChI=1S/C13H19N7O2/c1-19-12-9(8-16-19)11(14)17-13(18-12)15-3-2-10(21)20-4-6-22-7-5-20/h8H,2-7H2,1H3,(H3,14,15,17,18). The van der Waals surface area contributed by atoms with Crippen LogP contribution >= 0.6 is 0 Å². The molecule has 9 nitrogen and oxygen atoms in total. The van der Waals surface area contributed by atoms with Crippen LogP contribution in [0, 0.1) is 0 Å². The minimum Gasteiger partial charge on any atom is -0.383 e. The van der Waals surface area contributed by atoms with Gasteiger partial charge in [-0.2, -0.15) is 15.1 Å². The molecular weight excluding hydrogens is 286 g/mol. The molecule has 0 bridgehead atoms. The van der Waals surface area contributed by atoms with E-state index >= 15 is 0 Å². The summed E-state index contributed by atoms with van der Waals surface area (Å²) in [6.45, 7) is 2.98. The van der Waals surface area contributed by atoms with Gasteiger partial charge in [0.25, 0.3) is 0 Å². The van der Waals surface area contributed by atoms with Crippen molar-refractivity contribution in [2.75, 3.05) is 43.9 Å². The van der Waals surface area contributed by atoms with Gasteiger partial charge in [-0.1, -0.05) is 0 Å². The van der Waals surface area contributed by atoms with E-state index in [-0.39, 0.29) is 5.91 Å². The highest BCUT2D eigenvalue weighted by atomic mass is 16.5. The minimum absolute atomic E-state index is 0.102. The average Bonchev–Trinajstić information content (AvgIpc) is 2.90. The third-order valence-electron chi connectivity index (χ3n) is 3.61. The molecule has 0 aliphatic carbocycles. The van der Waals surface area contributed by atoms with Crippen LogP contribution in [0.25, 0.3) is 11.0 Å². The van der Waals surface area contributed by atoms with Crippen LogP contribution in [0.1, 0.15) is 6.42 Å². The summed E-state index contributed by atoms with van der Waals surface area (Å²) < 4.78 is 6.87. The first-order valence-corrected chi connectivity index (χ1v) is 7.20. The Morgan fingerprint density at radius 3 is 2.95 bits per heavy atom. The zero-order chi connectivity index (χ0) is 15.5. The molecular formula is C13H19N7O2. The highest BCUT2D eigenvalue weighted by molar-refractivity contribution is 5.86. The van der Waals surface area contributed by atoms with Gasteiger partial charge in [-0.25, -0.2) is 0 Å². The number of aromatic nitrogens is 4. The summed E-state index contributed by atoms with van der Waals surface area (Å²) in [5.74, 6) is 0.883. The maximum atomic E-state index is 12.0. The maximum absolute atomic E-state index is 12.0. The van der Waals surface area contributed by atoms with E-state index < -0.39 is 0 Å². The van der Waals surface area contributed by atoms with Crippen LogP contribution in [0.4, 0.5) is 11.8 Å². The Labute approximate surface area is 127 Å². The molecule has 0 atom stereocenters. The normalized spacial score (nSPS) is 15.2. The summed E-state index contributed by atoms with van der Waals surface area (Å²) >= 11 is 0. The number of amides is 1. The lowest BCUT2D eigenvalue weighted by Crippen LogP contribution is -2.41. The number of hydrogen-bond acceptors (Lipinski definition) is 7. The second-order valence-corrected chi connectivity index (χ2v) is 5.11. The van der Waals surface area contributed by atoms with Crippen LogP contribution in [0.3, 0.4) is 0 Å². The Kier molecular flexibility index (Phi) is 4.05. The third kappa shape index (κ3) is 2.93. The van der Waals surface area contributed by atoms with Gasteiger partial charge in [-0.15, -0.1) is 0 Å². The van der Waals surface area contributed by atoms with Crippen molar-refractivity contribution in [3.63, 3.8) is 0 Å². The maximum Gasteiger partial charge on any atom is 0.226 e. The van der Waals surface area contributed by atoms with Gasteiger partial charge in [0, 0.05) is 33.1 Å². The van der Waals surface area contributed by atoms with Crippen LogP contribution in [-0.4, -0.2) is 63.4 Å². The predicted molar refractivity (Wildman–Crippen MR) is 81.2 cm³/mol. The van der Waals surface area contributed by atoms with Crippen LogP contribution in [0.5, 0.6) is 0 Å². The smallest absolute Gasteiger partial charge is 0.226 e. The largest absolute Gasteiger partial charge is 0.383 e. The molecule has 118 valence electrons. The number of carbonyl (C=O) groups excluding carboxylic acids is 1. The summed E-state index contributed by atoms with van der Waals surface area (Å²) in [6, 6.07) is 0. The first kappa shape index (κ1) is 14.5. The van der Waals surface area contributed by atoms with E-state index in [2.05, 4.69) is 20.4 Å². The van der Waals surface area contributed by atoms with Gasteiger partial charge in [-0.3, -0.25) is 9.48 Å². The Bertz CT molecular complexity index is 678. The van der Waals surface area contributed by atoms with Gasteiger partial charge in [0.05, 0.1) is 24.8 Å². The summed E-state index contributed by atoms with van der Waals surface area (Å²) in [7, 11) is 1.79. The number of nitrogens with two attached hydrogens (primary N) is 1. The molecule has 2 aromatic heterocycles. The lowest BCUT2D eigenvalue weighted by atomic mass is 10.3. The quantitative estimate of drug-likeness (QED) is 0.791. The molecule has 0 unspecified atom stereocenters. The Hall–Kier alpha value is -2.42. The molecule has 0 spiro atoms. The zero-order valence-corrected chi connectivity index (χ0v) is 12.4. The molecule has 0 radical (unpaired) electrons. The molecule has 1 amide bonds. The Morgan fingerprint density at radius 1 is 1.41 bits per heavy atom. The van der Waals surface area contributed by atoms with Crippen LogP contribution in [0.2, 0.25) is 0 Å². The molecule has 0 saturated carbocycles. The first-order chi connectivity index (χ1) is 10.6. The topological polar surface area (TPSA) is 111 Å². The monoisotopic (exact) mass is 305 g/mol. The Morgan fingerprint density at radius 2 is 2.18 bits per heavy atom. The van der Waals surface area contributed by atoms with E-state index in [1.54, 1.807) is 17.9 Å². The van der Waals surface area contributed by atoms with Gasteiger partial charge >= 0.3 is 0 Å². The number of nitrogen functional groups attached to an aromatic ring is 1.